The Balaban J connectivity index is 2.27. The van der Waals surface area contributed by atoms with Gasteiger partial charge in [-0.15, -0.1) is 0 Å². The number of nitrogens with two attached hydrogens (primary N) is 1. The molecule has 0 saturated carbocycles. The summed E-state index contributed by atoms with van der Waals surface area (Å²) in [7, 11) is 3.14. The summed E-state index contributed by atoms with van der Waals surface area (Å²) in [6, 6.07) is 16.7. The SMILES string of the molecule is COc1cc(OC)cc(-c2cc(-c3ccccc3Cl)nc(N)c2C#N)c1. The molecule has 0 bridgehead atoms. The fraction of sp³-hybridized carbons (Fsp3) is 0.100. The summed E-state index contributed by atoms with van der Waals surface area (Å²) < 4.78 is 10.7. The molecule has 130 valence electrons. The summed E-state index contributed by atoms with van der Waals surface area (Å²) in [6.45, 7) is 0. The minimum atomic E-state index is 0.140. The number of anilines is 1. The molecule has 1 aromatic heterocycles. The Morgan fingerprint density at radius 1 is 1.00 bits per heavy atom. The Morgan fingerprint density at radius 2 is 1.65 bits per heavy atom. The lowest BCUT2D eigenvalue weighted by Crippen LogP contribution is -2.00. The molecular formula is C20H16ClN3O2. The summed E-state index contributed by atoms with van der Waals surface area (Å²) in [4.78, 5) is 4.35. The van der Waals surface area contributed by atoms with Gasteiger partial charge in [-0.3, -0.25) is 0 Å². The third-order valence-corrected chi connectivity index (χ3v) is 4.30. The first-order valence-electron chi connectivity index (χ1n) is 7.76. The van der Waals surface area contributed by atoms with Gasteiger partial charge in [0.05, 0.1) is 19.9 Å². The molecular weight excluding hydrogens is 350 g/mol. The largest absolute Gasteiger partial charge is 0.497 e. The van der Waals surface area contributed by atoms with E-state index in [0.717, 1.165) is 11.1 Å². The Bertz CT molecular complexity index is 990. The van der Waals surface area contributed by atoms with E-state index in [1.54, 1.807) is 32.4 Å². The van der Waals surface area contributed by atoms with Crippen LogP contribution >= 0.6 is 11.6 Å². The van der Waals surface area contributed by atoms with Crippen molar-refractivity contribution in [3.63, 3.8) is 0 Å². The van der Waals surface area contributed by atoms with Gasteiger partial charge in [0.2, 0.25) is 0 Å². The minimum Gasteiger partial charge on any atom is -0.497 e. The Hall–Kier alpha value is -3.23. The summed E-state index contributed by atoms with van der Waals surface area (Å²) in [6.07, 6.45) is 0. The van der Waals surface area contributed by atoms with Crippen molar-refractivity contribution in [3.05, 3.63) is 59.1 Å². The predicted octanol–water partition coefficient (Wildman–Crippen LogP) is 4.54. The number of ether oxygens (including phenoxy) is 2. The maximum atomic E-state index is 9.57. The molecule has 0 aliphatic carbocycles. The zero-order valence-electron chi connectivity index (χ0n) is 14.3. The van der Waals surface area contributed by atoms with E-state index in [1.807, 2.05) is 30.3 Å². The maximum Gasteiger partial charge on any atom is 0.142 e. The second kappa shape index (κ2) is 7.34. The number of nitrogens with zero attached hydrogens (tertiary/aromatic N) is 2. The fourth-order valence-corrected chi connectivity index (χ4v) is 2.91. The van der Waals surface area contributed by atoms with E-state index in [4.69, 9.17) is 26.8 Å². The molecule has 2 aromatic carbocycles. The number of aromatic nitrogens is 1. The summed E-state index contributed by atoms with van der Waals surface area (Å²) >= 11 is 6.29. The van der Waals surface area contributed by atoms with Gasteiger partial charge in [-0.25, -0.2) is 4.98 Å². The van der Waals surface area contributed by atoms with Crippen LogP contribution in [-0.4, -0.2) is 19.2 Å². The highest BCUT2D eigenvalue weighted by atomic mass is 35.5. The highest BCUT2D eigenvalue weighted by Gasteiger charge is 2.16. The van der Waals surface area contributed by atoms with Crippen LogP contribution in [0.5, 0.6) is 11.5 Å². The quantitative estimate of drug-likeness (QED) is 0.734. The Kier molecular flexibility index (Phi) is 4.97. The molecule has 3 rings (SSSR count). The third-order valence-electron chi connectivity index (χ3n) is 3.97. The van der Waals surface area contributed by atoms with Crippen molar-refractivity contribution in [1.82, 2.24) is 4.98 Å². The number of methoxy groups -OCH3 is 2. The lowest BCUT2D eigenvalue weighted by Gasteiger charge is -2.13. The first-order chi connectivity index (χ1) is 12.6. The second-order valence-corrected chi connectivity index (χ2v) is 5.92. The molecule has 0 fully saturated rings. The number of nitriles is 1. The Morgan fingerprint density at radius 3 is 2.23 bits per heavy atom. The molecule has 0 unspecified atom stereocenters. The van der Waals surface area contributed by atoms with Gasteiger partial charge in [0, 0.05) is 22.2 Å². The van der Waals surface area contributed by atoms with Crippen LogP contribution in [0.15, 0.2) is 48.5 Å². The van der Waals surface area contributed by atoms with Crippen molar-refractivity contribution in [2.24, 2.45) is 0 Å². The van der Waals surface area contributed by atoms with Crippen LogP contribution in [0.4, 0.5) is 5.82 Å². The summed E-state index contributed by atoms with van der Waals surface area (Å²) in [5.41, 5.74) is 9.04. The average Bonchev–Trinajstić information content (AvgIpc) is 2.67. The number of rotatable bonds is 4. The standard InChI is InChI=1S/C20H16ClN3O2/c1-25-13-7-12(8-14(9-13)26-2)16-10-19(24-20(23)17(16)11-22)15-5-3-4-6-18(15)21/h3-10H,1-2H3,(H2,23,24). The van der Waals surface area contributed by atoms with E-state index in [9.17, 15) is 5.26 Å². The van der Waals surface area contributed by atoms with Crippen LogP contribution in [-0.2, 0) is 0 Å². The number of benzene rings is 2. The molecule has 0 aliphatic rings. The molecule has 0 radical (unpaired) electrons. The van der Waals surface area contributed by atoms with Crippen LogP contribution in [0.3, 0.4) is 0 Å². The van der Waals surface area contributed by atoms with Crippen LogP contribution in [0.2, 0.25) is 5.02 Å². The third kappa shape index (κ3) is 3.28. The van der Waals surface area contributed by atoms with Crippen molar-refractivity contribution in [1.29, 1.82) is 5.26 Å². The molecule has 0 aliphatic heterocycles. The lowest BCUT2D eigenvalue weighted by atomic mass is 9.98. The number of nitrogen functional groups attached to an aromatic ring is 1. The van der Waals surface area contributed by atoms with E-state index in [1.165, 1.54) is 0 Å². The summed E-state index contributed by atoms with van der Waals surface area (Å²) in [5, 5.41) is 10.1. The Labute approximate surface area is 156 Å². The zero-order valence-corrected chi connectivity index (χ0v) is 15.0. The first-order valence-corrected chi connectivity index (χ1v) is 8.14. The van der Waals surface area contributed by atoms with Gasteiger partial charge in [0.15, 0.2) is 0 Å². The molecule has 0 spiro atoms. The van der Waals surface area contributed by atoms with Crippen LogP contribution in [0.25, 0.3) is 22.4 Å². The van der Waals surface area contributed by atoms with E-state index < -0.39 is 0 Å². The molecule has 26 heavy (non-hydrogen) atoms. The number of hydrogen-bond donors (Lipinski definition) is 1. The molecule has 0 saturated heterocycles. The van der Waals surface area contributed by atoms with Crippen molar-refractivity contribution in [2.45, 2.75) is 0 Å². The van der Waals surface area contributed by atoms with Crippen molar-refractivity contribution in [2.75, 3.05) is 20.0 Å². The molecule has 1 heterocycles. The molecule has 0 atom stereocenters. The molecule has 0 amide bonds. The zero-order chi connectivity index (χ0) is 18.7. The second-order valence-electron chi connectivity index (χ2n) is 5.51. The van der Waals surface area contributed by atoms with Gasteiger partial charge >= 0.3 is 0 Å². The number of pyridine rings is 1. The topological polar surface area (TPSA) is 81.2 Å². The van der Waals surface area contributed by atoms with Gasteiger partial charge in [-0.05, 0) is 29.8 Å². The first kappa shape index (κ1) is 17.6. The average molecular weight is 366 g/mol. The van der Waals surface area contributed by atoms with Crippen LogP contribution in [0, 0.1) is 11.3 Å². The van der Waals surface area contributed by atoms with E-state index >= 15 is 0 Å². The highest BCUT2D eigenvalue weighted by Crippen LogP contribution is 2.36. The van der Waals surface area contributed by atoms with E-state index in [2.05, 4.69) is 11.1 Å². The smallest absolute Gasteiger partial charge is 0.142 e. The predicted molar refractivity (Wildman–Crippen MR) is 102 cm³/mol. The van der Waals surface area contributed by atoms with Crippen molar-refractivity contribution < 1.29 is 9.47 Å². The number of hydrogen-bond acceptors (Lipinski definition) is 5. The van der Waals surface area contributed by atoms with Crippen LogP contribution in [0.1, 0.15) is 5.56 Å². The van der Waals surface area contributed by atoms with E-state index in [-0.39, 0.29) is 11.4 Å². The minimum absolute atomic E-state index is 0.140. The fourth-order valence-electron chi connectivity index (χ4n) is 2.68. The molecule has 6 heteroatoms. The van der Waals surface area contributed by atoms with Gasteiger partial charge in [0.25, 0.3) is 0 Å². The maximum absolute atomic E-state index is 9.57. The van der Waals surface area contributed by atoms with Gasteiger partial charge in [0.1, 0.15) is 28.9 Å². The number of halogens is 1. The highest BCUT2D eigenvalue weighted by molar-refractivity contribution is 6.33. The normalized spacial score (nSPS) is 10.2. The van der Waals surface area contributed by atoms with Gasteiger partial charge in [-0.2, -0.15) is 5.26 Å². The monoisotopic (exact) mass is 365 g/mol. The van der Waals surface area contributed by atoms with Gasteiger partial charge < -0.3 is 15.2 Å². The van der Waals surface area contributed by atoms with Gasteiger partial charge in [-0.1, -0.05) is 29.8 Å². The molecule has 5 nitrogen and oxygen atoms in total. The summed E-state index contributed by atoms with van der Waals surface area (Å²) in [5.74, 6) is 1.36. The lowest BCUT2D eigenvalue weighted by molar-refractivity contribution is 0.394. The van der Waals surface area contributed by atoms with E-state index in [0.29, 0.717) is 27.8 Å². The van der Waals surface area contributed by atoms with Crippen molar-refractivity contribution >= 4 is 17.4 Å². The molecule has 2 N–H and O–H groups in total. The molecule has 3 aromatic rings. The van der Waals surface area contributed by atoms with Crippen LogP contribution < -0.4 is 15.2 Å². The van der Waals surface area contributed by atoms with Crippen molar-refractivity contribution in [3.8, 4) is 40.0 Å².